The van der Waals surface area contributed by atoms with Crippen molar-refractivity contribution in [3.8, 4) is 11.3 Å². The molecule has 0 saturated carbocycles. The SMILES string of the molecule is Cc1ccc([C@@H](CNC(=O)c2cc(-c3cn(C)nc3C)n[nH]2)N2CCOCC2)cc1. The van der Waals surface area contributed by atoms with Crippen LogP contribution < -0.4 is 5.32 Å². The van der Waals surface area contributed by atoms with Gasteiger partial charge in [-0.25, -0.2) is 0 Å². The molecule has 4 rings (SSSR count). The highest BCUT2D eigenvalue weighted by molar-refractivity contribution is 5.93. The number of aromatic amines is 1. The molecule has 1 aliphatic rings. The van der Waals surface area contributed by atoms with Crippen LogP contribution in [-0.4, -0.2) is 63.6 Å². The number of morpholine rings is 1. The van der Waals surface area contributed by atoms with Crippen LogP contribution in [0.5, 0.6) is 0 Å². The summed E-state index contributed by atoms with van der Waals surface area (Å²) in [4.78, 5) is 15.2. The van der Waals surface area contributed by atoms with Crippen molar-refractivity contribution < 1.29 is 9.53 Å². The Morgan fingerprint density at radius 1 is 1.23 bits per heavy atom. The lowest BCUT2D eigenvalue weighted by molar-refractivity contribution is 0.0162. The molecule has 30 heavy (non-hydrogen) atoms. The number of aromatic nitrogens is 4. The van der Waals surface area contributed by atoms with Gasteiger partial charge in [0.05, 0.1) is 30.6 Å². The monoisotopic (exact) mass is 408 g/mol. The molecule has 0 radical (unpaired) electrons. The minimum absolute atomic E-state index is 0.0985. The molecule has 0 aliphatic carbocycles. The number of hydrogen-bond acceptors (Lipinski definition) is 5. The van der Waals surface area contributed by atoms with Crippen molar-refractivity contribution in [1.82, 2.24) is 30.2 Å². The lowest BCUT2D eigenvalue weighted by Gasteiger charge is -2.35. The number of H-pyrrole nitrogens is 1. The lowest BCUT2D eigenvalue weighted by Crippen LogP contribution is -2.43. The standard InChI is InChI=1S/C22H28N6O2/c1-15-4-6-17(7-5-15)21(28-8-10-30-11-9-28)13-23-22(29)20-12-19(24-25-20)18-14-27(3)26-16(18)2/h4-7,12,14,21H,8-11,13H2,1-3H3,(H,23,29)(H,24,25)/t21-/m1/s1. The fourth-order valence-electron chi connectivity index (χ4n) is 3.85. The van der Waals surface area contributed by atoms with Crippen LogP contribution in [0.3, 0.4) is 0 Å². The van der Waals surface area contributed by atoms with Gasteiger partial charge < -0.3 is 10.1 Å². The molecule has 3 heterocycles. The van der Waals surface area contributed by atoms with Gasteiger partial charge in [0.25, 0.3) is 5.91 Å². The molecule has 2 aromatic heterocycles. The quantitative estimate of drug-likeness (QED) is 0.653. The van der Waals surface area contributed by atoms with Crippen LogP contribution in [0.4, 0.5) is 0 Å². The van der Waals surface area contributed by atoms with Gasteiger partial charge >= 0.3 is 0 Å². The third-order valence-electron chi connectivity index (χ3n) is 5.52. The fourth-order valence-corrected chi connectivity index (χ4v) is 3.85. The molecule has 1 atom stereocenters. The number of benzene rings is 1. The van der Waals surface area contributed by atoms with Gasteiger partial charge in [0.15, 0.2) is 0 Å². The highest BCUT2D eigenvalue weighted by Gasteiger charge is 2.24. The lowest BCUT2D eigenvalue weighted by atomic mass is 10.0. The molecule has 0 spiro atoms. The molecule has 1 aliphatic heterocycles. The van der Waals surface area contributed by atoms with E-state index < -0.39 is 0 Å². The first kappa shape index (κ1) is 20.3. The molecule has 1 saturated heterocycles. The van der Waals surface area contributed by atoms with E-state index >= 15 is 0 Å². The fraction of sp³-hybridized carbons (Fsp3) is 0.409. The van der Waals surface area contributed by atoms with Crippen molar-refractivity contribution >= 4 is 5.91 Å². The van der Waals surface area contributed by atoms with Gasteiger partial charge in [0, 0.05) is 38.4 Å². The number of hydrogen-bond donors (Lipinski definition) is 2. The van der Waals surface area contributed by atoms with E-state index in [4.69, 9.17) is 4.74 Å². The number of ether oxygens (including phenoxy) is 1. The number of carbonyl (C=O) groups is 1. The Kier molecular flexibility index (Phi) is 5.96. The minimum Gasteiger partial charge on any atom is -0.379 e. The van der Waals surface area contributed by atoms with Gasteiger partial charge in [0.2, 0.25) is 0 Å². The molecule has 2 N–H and O–H groups in total. The van der Waals surface area contributed by atoms with E-state index in [1.54, 1.807) is 10.7 Å². The van der Waals surface area contributed by atoms with E-state index in [1.807, 2.05) is 20.2 Å². The molecule has 8 heteroatoms. The number of carbonyl (C=O) groups excluding carboxylic acids is 1. The van der Waals surface area contributed by atoms with E-state index in [0.717, 1.165) is 24.3 Å². The van der Waals surface area contributed by atoms with Crippen molar-refractivity contribution in [3.63, 3.8) is 0 Å². The van der Waals surface area contributed by atoms with E-state index in [9.17, 15) is 4.79 Å². The predicted molar refractivity (Wildman–Crippen MR) is 114 cm³/mol. The average molecular weight is 409 g/mol. The third-order valence-corrected chi connectivity index (χ3v) is 5.52. The van der Waals surface area contributed by atoms with Gasteiger partial charge in [-0.3, -0.25) is 19.5 Å². The Bertz CT molecular complexity index is 1000. The Morgan fingerprint density at radius 3 is 2.63 bits per heavy atom. The van der Waals surface area contributed by atoms with Crippen LogP contribution in [0.1, 0.15) is 33.4 Å². The first-order valence-electron chi connectivity index (χ1n) is 10.2. The maximum atomic E-state index is 12.8. The second-order valence-electron chi connectivity index (χ2n) is 7.75. The van der Waals surface area contributed by atoms with E-state index in [-0.39, 0.29) is 11.9 Å². The van der Waals surface area contributed by atoms with Crippen molar-refractivity contribution in [2.75, 3.05) is 32.8 Å². The van der Waals surface area contributed by atoms with E-state index in [2.05, 4.69) is 56.7 Å². The van der Waals surface area contributed by atoms with Gasteiger partial charge in [-0.1, -0.05) is 29.8 Å². The first-order valence-corrected chi connectivity index (χ1v) is 10.2. The molecular formula is C22H28N6O2. The van der Waals surface area contributed by atoms with Gasteiger partial charge in [-0.15, -0.1) is 0 Å². The van der Waals surface area contributed by atoms with Crippen molar-refractivity contribution in [2.45, 2.75) is 19.9 Å². The molecule has 8 nitrogen and oxygen atoms in total. The first-order chi connectivity index (χ1) is 14.5. The summed E-state index contributed by atoms with van der Waals surface area (Å²) in [6.07, 6.45) is 1.90. The van der Waals surface area contributed by atoms with Crippen LogP contribution >= 0.6 is 0 Å². The van der Waals surface area contributed by atoms with Crippen LogP contribution in [0.2, 0.25) is 0 Å². The summed E-state index contributed by atoms with van der Waals surface area (Å²) >= 11 is 0. The van der Waals surface area contributed by atoms with Crippen LogP contribution in [0.25, 0.3) is 11.3 Å². The van der Waals surface area contributed by atoms with Gasteiger partial charge in [0.1, 0.15) is 5.69 Å². The Hall–Kier alpha value is -2.97. The summed E-state index contributed by atoms with van der Waals surface area (Å²) in [7, 11) is 1.87. The van der Waals surface area contributed by atoms with Crippen LogP contribution in [-0.2, 0) is 11.8 Å². The zero-order valence-electron chi connectivity index (χ0n) is 17.7. The summed E-state index contributed by atoms with van der Waals surface area (Å²) in [5.41, 5.74) is 5.37. The zero-order chi connectivity index (χ0) is 21.1. The molecule has 1 fully saturated rings. The normalized spacial score (nSPS) is 15.8. The third kappa shape index (κ3) is 4.44. The summed E-state index contributed by atoms with van der Waals surface area (Å²) in [6, 6.07) is 10.4. The van der Waals surface area contributed by atoms with Crippen molar-refractivity contribution in [1.29, 1.82) is 0 Å². The highest BCUT2D eigenvalue weighted by atomic mass is 16.5. The second-order valence-corrected chi connectivity index (χ2v) is 7.75. The van der Waals surface area contributed by atoms with E-state index in [0.29, 0.717) is 31.1 Å². The molecular weight excluding hydrogens is 380 g/mol. The Morgan fingerprint density at radius 2 is 1.97 bits per heavy atom. The summed E-state index contributed by atoms with van der Waals surface area (Å²) < 4.78 is 7.25. The maximum absolute atomic E-state index is 12.8. The molecule has 3 aromatic rings. The number of rotatable bonds is 6. The highest BCUT2D eigenvalue weighted by Crippen LogP contribution is 2.23. The van der Waals surface area contributed by atoms with Crippen LogP contribution in [0, 0.1) is 13.8 Å². The molecule has 1 aromatic carbocycles. The van der Waals surface area contributed by atoms with Crippen molar-refractivity contribution in [3.05, 3.63) is 59.0 Å². The maximum Gasteiger partial charge on any atom is 0.269 e. The van der Waals surface area contributed by atoms with Gasteiger partial charge in [-0.2, -0.15) is 10.2 Å². The smallest absolute Gasteiger partial charge is 0.269 e. The number of nitrogens with zero attached hydrogens (tertiary/aromatic N) is 4. The molecule has 0 bridgehead atoms. The second kappa shape index (κ2) is 8.81. The van der Waals surface area contributed by atoms with Crippen LogP contribution in [0.15, 0.2) is 36.5 Å². The largest absolute Gasteiger partial charge is 0.379 e. The number of nitrogens with one attached hydrogen (secondary N) is 2. The molecule has 0 unspecified atom stereocenters. The molecule has 158 valence electrons. The van der Waals surface area contributed by atoms with Crippen molar-refractivity contribution in [2.24, 2.45) is 7.05 Å². The topological polar surface area (TPSA) is 88.1 Å². The van der Waals surface area contributed by atoms with Gasteiger partial charge in [-0.05, 0) is 25.5 Å². The number of amides is 1. The van der Waals surface area contributed by atoms with E-state index in [1.165, 1.54) is 11.1 Å². The Balaban J connectivity index is 1.47. The summed E-state index contributed by atoms with van der Waals surface area (Å²) in [6.45, 7) is 7.65. The molecule has 1 amide bonds. The Labute approximate surface area is 176 Å². The summed E-state index contributed by atoms with van der Waals surface area (Å²) in [5, 5.41) is 14.6. The predicted octanol–water partition coefficient (Wildman–Crippen LogP) is 2.23. The average Bonchev–Trinajstić information content (AvgIpc) is 3.36. The summed E-state index contributed by atoms with van der Waals surface area (Å²) in [5.74, 6) is -0.166. The number of aryl methyl sites for hydroxylation is 3. The zero-order valence-corrected chi connectivity index (χ0v) is 17.7. The minimum atomic E-state index is -0.166.